The Hall–Kier alpha value is -3.40. The molecule has 1 fully saturated rings. The molecule has 0 aliphatic carbocycles. The van der Waals surface area contributed by atoms with E-state index in [1.807, 2.05) is 48.5 Å². The van der Waals surface area contributed by atoms with Gasteiger partial charge in [0, 0.05) is 24.2 Å². The first-order chi connectivity index (χ1) is 16.5. The van der Waals surface area contributed by atoms with E-state index in [-0.39, 0.29) is 29.6 Å². The number of carbonyl (C=O) groups excluding carboxylic acids is 1. The number of para-hydroxylation sites is 2. The number of hydrogen-bond donors (Lipinski definition) is 1. The summed E-state index contributed by atoms with van der Waals surface area (Å²) >= 11 is 0. The van der Waals surface area contributed by atoms with Gasteiger partial charge in [-0.15, -0.1) is 0 Å². The highest BCUT2D eigenvalue weighted by Crippen LogP contribution is 2.44. The van der Waals surface area contributed by atoms with Gasteiger partial charge in [0.2, 0.25) is 15.9 Å². The van der Waals surface area contributed by atoms with E-state index in [0.29, 0.717) is 30.5 Å². The third-order valence-corrected chi connectivity index (χ3v) is 7.87. The molecular formula is C25H24N2O6S. The van der Waals surface area contributed by atoms with Crippen LogP contribution >= 0.6 is 0 Å². The molecule has 0 bridgehead atoms. The standard InChI is InChI=1S/C25H24N2O6S/c1-31-23-11-10-17(34(29,30)27-12-14-32-15-13-27)16-20(23)26-25(28)24-18-6-2-4-8-21(18)33-22-9-5-3-7-19(22)24/h2-11,16,24H,12-15H2,1H3,(H,26,28). The second kappa shape index (κ2) is 9.09. The first kappa shape index (κ1) is 22.4. The smallest absolute Gasteiger partial charge is 0.243 e. The summed E-state index contributed by atoms with van der Waals surface area (Å²) in [5.41, 5.74) is 1.74. The number of hydrogen-bond acceptors (Lipinski definition) is 6. The molecule has 0 saturated carbocycles. The van der Waals surface area contributed by atoms with Gasteiger partial charge in [0.15, 0.2) is 0 Å². The molecule has 0 atom stereocenters. The summed E-state index contributed by atoms with van der Waals surface area (Å²) in [7, 11) is -2.27. The molecular weight excluding hydrogens is 456 g/mol. The van der Waals surface area contributed by atoms with Crippen molar-refractivity contribution in [2.24, 2.45) is 0 Å². The lowest BCUT2D eigenvalue weighted by atomic mass is 9.87. The number of methoxy groups -OCH3 is 1. The van der Waals surface area contributed by atoms with E-state index in [2.05, 4.69) is 5.32 Å². The van der Waals surface area contributed by atoms with Crippen LogP contribution < -0.4 is 14.8 Å². The van der Waals surface area contributed by atoms with Crippen LogP contribution in [0.15, 0.2) is 71.6 Å². The molecule has 8 nitrogen and oxygen atoms in total. The first-order valence-electron chi connectivity index (χ1n) is 10.9. The summed E-state index contributed by atoms with van der Waals surface area (Å²) in [4.78, 5) is 13.7. The third-order valence-electron chi connectivity index (χ3n) is 5.98. The zero-order valence-corrected chi connectivity index (χ0v) is 19.4. The van der Waals surface area contributed by atoms with Gasteiger partial charge in [-0.05, 0) is 30.3 Å². The monoisotopic (exact) mass is 480 g/mol. The third kappa shape index (κ3) is 4.02. The lowest BCUT2D eigenvalue weighted by Crippen LogP contribution is -2.40. The minimum absolute atomic E-state index is 0.0817. The first-order valence-corrected chi connectivity index (χ1v) is 12.4. The number of nitrogens with one attached hydrogen (secondary N) is 1. The van der Waals surface area contributed by atoms with Gasteiger partial charge in [0.1, 0.15) is 17.2 Å². The van der Waals surface area contributed by atoms with Crippen LogP contribution in [-0.2, 0) is 19.6 Å². The summed E-state index contributed by atoms with van der Waals surface area (Å²) in [5.74, 6) is 0.629. The molecule has 34 heavy (non-hydrogen) atoms. The van der Waals surface area contributed by atoms with Crippen LogP contribution in [0.4, 0.5) is 5.69 Å². The van der Waals surface area contributed by atoms with Gasteiger partial charge in [-0.2, -0.15) is 4.31 Å². The largest absolute Gasteiger partial charge is 0.495 e. The second-order valence-corrected chi connectivity index (χ2v) is 9.92. The minimum Gasteiger partial charge on any atom is -0.495 e. The average molecular weight is 481 g/mol. The van der Waals surface area contributed by atoms with E-state index in [9.17, 15) is 13.2 Å². The van der Waals surface area contributed by atoms with Crippen LogP contribution in [0.5, 0.6) is 17.2 Å². The summed E-state index contributed by atoms with van der Waals surface area (Å²) in [6, 6.07) is 19.2. The van der Waals surface area contributed by atoms with Gasteiger partial charge < -0.3 is 19.5 Å². The van der Waals surface area contributed by atoms with E-state index in [0.717, 1.165) is 11.1 Å². The molecule has 3 aromatic carbocycles. The van der Waals surface area contributed by atoms with Crippen molar-refractivity contribution in [1.29, 1.82) is 0 Å². The molecule has 3 aromatic rings. The van der Waals surface area contributed by atoms with Crippen LogP contribution in [0, 0.1) is 0 Å². The Balaban J connectivity index is 1.50. The number of morpholine rings is 1. The van der Waals surface area contributed by atoms with Gasteiger partial charge in [-0.1, -0.05) is 36.4 Å². The summed E-state index contributed by atoms with van der Waals surface area (Å²) < 4.78 is 44.4. The predicted molar refractivity (Wildman–Crippen MR) is 126 cm³/mol. The number of sulfonamides is 1. The fourth-order valence-corrected chi connectivity index (χ4v) is 5.71. The normalized spacial score (nSPS) is 16.1. The van der Waals surface area contributed by atoms with Crippen molar-refractivity contribution in [3.8, 4) is 17.2 Å². The molecule has 0 radical (unpaired) electrons. The lowest BCUT2D eigenvalue weighted by Gasteiger charge is -2.28. The predicted octanol–water partition coefficient (Wildman–Crippen LogP) is 3.59. The number of fused-ring (bicyclic) bond motifs is 2. The van der Waals surface area contributed by atoms with E-state index >= 15 is 0 Å². The maximum absolute atomic E-state index is 13.6. The molecule has 176 valence electrons. The molecule has 0 unspecified atom stereocenters. The van der Waals surface area contributed by atoms with Crippen LogP contribution in [0.3, 0.4) is 0 Å². The number of ether oxygens (including phenoxy) is 3. The van der Waals surface area contributed by atoms with Crippen LogP contribution in [0.1, 0.15) is 17.0 Å². The van der Waals surface area contributed by atoms with E-state index < -0.39 is 15.9 Å². The number of rotatable bonds is 5. The van der Waals surface area contributed by atoms with E-state index in [1.54, 1.807) is 6.07 Å². The SMILES string of the molecule is COc1ccc(S(=O)(=O)N2CCOCC2)cc1NC(=O)C1c2ccccc2Oc2ccccc21. The molecule has 5 rings (SSSR count). The van der Waals surface area contributed by atoms with Gasteiger partial charge in [-0.3, -0.25) is 4.79 Å². The molecule has 1 amide bonds. The molecule has 2 aliphatic heterocycles. The Labute approximate surface area is 198 Å². The summed E-state index contributed by atoms with van der Waals surface area (Å²) in [6.45, 7) is 1.26. The highest BCUT2D eigenvalue weighted by atomic mass is 32.2. The molecule has 9 heteroatoms. The van der Waals surface area contributed by atoms with Crippen LogP contribution in [0.2, 0.25) is 0 Å². The minimum atomic E-state index is -3.74. The molecule has 1 N–H and O–H groups in total. The van der Waals surface area contributed by atoms with Gasteiger partial charge >= 0.3 is 0 Å². The van der Waals surface area contributed by atoms with Gasteiger partial charge in [0.05, 0.1) is 36.8 Å². The van der Waals surface area contributed by atoms with E-state index in [1.165, 1.54) is 23.5 Å². The van der Waals surface area contributed by atoms with Crippen molar-refractivity contribution in [1.82, 2.24) is 4.31 Å². The number of nitrogens with zero attached hydrogens (tertiary/aromatic N) is 1. The van der Waals surface area contributed by atoms with Crippen molar-refractivity contribution < 1.29 is 27.4 Å². The van der Waals surface area contributed by atoms with Gasteiger partial charge in [-0.25, -0.2) is 8.42 Å². The number of carbonyl (C=O) groups is 1. The Kier molecular flexibility index (Phi) is 5.99. The quantitative estimate of drug-likeness (QED) is 0.600. The fraction of sp³-hybridized carbons (Fsp3) is 0.240. The highest BCUT2D eigenvalue weighted by Gasteiger charge is 2.33. The molecule has 0 aromatic heterocycles. The van der Waals surface area contributed by atoms with Crippen molar-refractivity contribution in [3.05, 3.63) is 77.9 Å². The Bertz CT molecular complexity index is 1290. The number of benzene rings is 3. The van der Waals surface area contributed by atoms with Crippen LogP contribution in [0.25, 0.3) is 0 Å². The number of amides is 1. The van der Waals surface area contributed by atoms with Crippen molar-refractivity contribution in [2.45, 2.75) is 10.8 Å². The average Bonchev–Trinajstić information content (AvgIpc) is 2.87. The van der Waals surface area contributed by atoms with Gasteiger partial charge in [0.25, 0.3) is 0 Å². The highest BCUT2D eigenvalue weighted by molar-refractivity contribution is 7.89. The van der Waals surface area contributed by atoms with Crippen molar-refractivity contribution in [2.75, 3.05) is 38.7 Å². The molecule has 0 spiro atoms. The van der Waals surface area contributed by atoms with Crippen molar-refractivity contribution in [3.63, 3.8) is 0 Å². The maximum atomic E-state index is 13.6. The summed E-state index contributed by atoms with van der Waals surface area (Å²) in [5, 5.41) is 2.90. The Morgan fingerprint density at radius 1 is 0.971 bits per heavy atom. The molecule has 1 saturated heterocycles. The van der Waals surface area contributed by atoms with Crippen molar-refractivity contribution >= 4 is 21.6 Å². The number of anilines is 1. The molecule has 2 heterocycles. The van der Waals surface area contributed by atoms with Crippen LogP contribution in [-0.4, -0.2) is 52.0 Å². The topological polar surface area (TPSA) is 94.2 Å². The molecule has 2 aliphatic rings. The zero-order chi connectivity index (χ0) is 23.7. The Morgan fingerprint density at radius 3 is 2.21 bits per heavy atom. The van der Waals surface area contributed by atoms with E-state index in [4.69, 9.17) is 14.2 Å². The Morgan fingerprint density at radius 2 is 1.59 bits per heavy atom. The second-order valence-electron chi connectivity index (χ2n) is 7.98. The summed E-state index contributed by atoms with van der Waals surface area (Å²) in [6.07, 6.45) is 0. The maximum Gasteiger partial charge on any atom is 0.243 e. The fourth-order valence-electron chi connectivity index (χ4n) is 4.28. The lowest BCUT2D eigenvalue weighted by molar-refractivity contribution is -0.116. The zero-order valence-electron chi connectivity index (χ0n) is 18.6.